The Balaban J connectivity index is 1.37. The van der Waals surface area contributed by atoms with Crippen LogP contribution in [-0.2, 0) is 15.1 Å². The molecular weight excluding hydrogens is 444 g/mol. The number of urea groups is 1. The number of benzene rings is 1. The van der Waals surface area contributed by atoms with Gasteiger partial charge in [0.05, 0.1) is 30.9 Å². The Bertz CT molecular complexity index is 918. The molecule has 1 N–H and O–H groups in total. The fourth-order valence-corrected chi connectivity index (χ4v) is 6.65. The van der Waals surface area contributed by atoms with E-state index in [4.69, 9.17) is 4.74 Å². The van der Waals surface area contributed by atoms with Crippen LogP contribution >= 0.6 is 0 Å². The van der Waals surface area contributed by atoms with Gasteiger partial charge in [0.2, 0.25) is 5.91 Å². The molecule has 35 heavy (non-hydrogen) atoms. The van der Waals surface area contributed by atoms with Crippen molar-refractivity contribution in [2.45, 2.75) is 61.6 Å². The third kappa shape index (κ3) is 4.45. The lowest BCUT2D eigenvalue weighted by molar-refractivity contribution is -0.135. The lowest BCUT2D eigenvalue weighted by Crippen LogP contribution is -2.59. The van der Waals surface area contributed by atoms with Gasteiger partial charge in [-0.05, 0) is 64.6 Å². The van der Waals surface area contributed by atoms with E-state index in [0.29, 0.717) is 39.4 Å². The first-order chi connectivity index (χ1) is 16.8. The number of β-amino-alcohol motifs (C(OH)–C–C–N with tert-alkyl or cyclic N) is 1. The standard InChI is InChI=1S/C27H40N4O4/c1-28(2)27(22-7-4-3-5-8-22)13-11-25(12-14-27)20-30(19-23(32)29-15-17-35-18-16-29)24(33)31(25)21-26(34)9-6-10-26/h3-5,7-8,34H,6,9-21H2,1-2H3/t25-,27-. The van der Waals surface area contributed by atoms with E-state index in [2.05, 4.69) is 49.3 Å². The summed E-state index contributed by atoms with van der Waals surface area (Å²) in [6, 6.07) is 10.6. The first-order valence-electron chi connectivity index (χ1n) is 13.1. The molecule has 1 aromatic rings. The first kappa shape index (κ1) is 24.5. The number of ether oxygens (including phenoxy) is 1. The Morgan fingerprint density at radius 1 is 1.03 bits per heavy atom. The van der Waals surface area contributed by atoms with E-state index < -0.39 is 5.60 Å². The van der Waals surface area contributed by atoms with Crippen molar-refractivity contribution >= 4 is 11.9 Å². The van der Waals surface area contributed by atoms with Gasteiger partial charge in [0.1, 0.15) is 6.54 Å². The van der Waals surface area contributed by atoms with Crippen molar-refractivity contribution in [3.63, 3.8) is 0 Å². The van der Waals surface area contributed by atoms with Crippen LogP contribution in [-0.4, -0.2) is 108 Å². The second-order valence-electron chi connectivity index (χ2n) is 11.3. The van der Waals surface area contributed by atoms with E-state index in [-0.39, 0.29) is 29.6 Å². The number of nitrogens with zero attached hydrogens (tertiary/aromatic N) is 4. The Morgan fingerprint density at radius 2 is 1.69 bits per heavy atom. The van der Waals surface area contributed by atoms with E-state index >= 15 is 0 Å². The molecule has 2 heterocycles. The lowest BCUT2D eigenvalue weighted by Gasteiger charge is -2.52. The van der Waals surface area contributed by atoms with Crippen LogP contribution in [0.4, 0.5) is 4.79 Å². The van der Waals surface area contributed by atoms with Crippen LogP contribution in [0, 0.1) is 0 Å². The van der Waals surface area contributed by atoms with Gasteiger partial charge in [0.25, 0.3) is 0 Å². The van der Waals surface area contributed by atoms with Crippen LogP contribution in [0.5, 0.6) is 0 Å². The second kappa shape index (κ2) is 9.37. The van der Waals surface area contributed by atoms with Crippen molar-refractivity contribution in [1.29, 1.82) is 0 Å². The van der Waals surface area contributed by atoms with Gasteiger partial charge in [0, 0.05) is 25.2 Å². The summed E-state index contributed by atoms with van der Waals surface area (Å²) in [5.74, 6) is -0.0104. The predicted molar refractivity (Wildman–Crippen MR) is 133 cm³/mol. The van der Waals surface area contributed by atoms with Gasteiger partial charge < -0.3 is 24.5 Å². The molecule has 2 saturated heterocycles. The molecule has 5 rings (SSSR count). The summed E-state index contributed by atoms with van der Waals surface area (Å²) < 4.78 is 5.38. The topological polar surface area (TPSA) is 76.6 Å². The number of carbonyl (C=O) groups excluding carboxylic acids is 2. The molecule has 1 spiro atoms. The van der Waals surface area contributed by atoms with Gasteiger partial charge in [-0.15, -0.1) is 0 Å². The first-order valence-corrected chi connectivity index (χ1v) is 13.1. The summed E-state index contributed by atoms with van der Waals surface area (Å²) in [5.41, 5.74) is 0.100. The molecule has 8 heteroatoms. The molecule has 1 aromatic carbocycles. The number of hydrogen-bond donors (Lipinski definition) is 1. The maximum atomic E-state index is 13.7. The summed E-state index contributed by atoms with van der Waals surface area (Å²) in [6.45, 7) is 3.29. The van der Waals surface area contributed by atoms with Gasteiger partial charge in [-0.25, -0.2) is 4.79 Å². The molecule has 2 aliphatic carbocycles. The number of morpholine rings is 1. The van der Waals surface area contributed by atoms with Gasteiger partial charge >= 0.3 is 6.03 Å². The fourth-order valence-electron chi connectivity index (χ4n) is 6.65. The monoisotopic (exact) mass is 484 g/mol. The van der Waals surface area contributed by atoms with E-state index in [1.54, 1.807) is 9.80 Å². The zero-order valence-electron chi connectivity index (χ0n) is 21.2. The van der Waals surface area contributed by atoms with Crippen LogP contribution in [0.3, 0.4) is 0 Å². The summed E-state index contributed by atoms with van der Waals surface area (Å²) in [6.07, 6.45) is 6.04. The zero-order valence-corrected chi connectivity index (χ0v) is 21.2. The Kier molecular flexibility index (Phi) is 6.57. The van der Waals surface area contributed by atoms with E-state index in [0.717, 1.165) is 44.9 Å². The molecule has 3 amide bonds. The van der Waals surface area contributed by atoms with Crippen molar-refractivity contribution < 1.29 is 19.4 Å². The smallest absolute Gasteiger partial charge is 0.321 e. The predicted octanol–water partition coefficient (Wildman–Crippen LogP) is 2.27. The number of aliphatic hydroxyl groups is 1. The van der Waals surface area contributed by atoms with Crippen LogP contribution < -0.4 is 0 Å². The fraction of sp³-hybridized carbons (Fsp3) is 0.704. The highest BCUT2D eigenvalue weighted by molar-refractivity contribution is 5.86. The van der Waals surface area contributed by atoms with E-state index in [9.17, 15) is 14.7 Å². The van der Waals surface area contributed by atoms with Crippen molar-refractivity contribution in [2.75, 3.05) is 60.0 Å². The minimum absolute atomic E-state index is 0.0104. The van der Waals surface area contributed by atoms with Crippen molar-refractivity contribution in [1.82, 2.24) is 19.6 Å². The molecule has 192 valence electrons. The molecule has 0 aromatic heterocycles. The van der Waals surface area contributed by atoms with Crippen LogP contribution in [0.15, 0.2) is 30.3 Å². The van der Waals surface area contributed by atoms with Crippen LogP contribution in [0.1, 0.15) is 50.5 Å². The summed E-state index contributed by atoms with van der Waals surface area (Å²) >= 11 is 0. The lowest BCUT2D eigenvalue weighted by atomic mass is 9.67. The summed E-state index contributed by atoms with van der Waals surface area (Å²) in [4.78, 5) is 34.5. The van der Waals surface area contributed by atoms with E-state index in [1.165, 1.54) is 5.56 Å². The maximum Gasteiger partial charge on any atom is 0.321 e. The molecule has 8 nitrogen and oxygen atoms in total. The molecule has 0 radical (unpaired) electrons. The molecule has 4 aliphatic rings. The van der Waals surface area contributed by atoms with E-state index in [1.807, 2.05) is 4.90 Å². The third-order valence-electron chi connectivity index (χ3n) is 9.16. The Morgan fingerprint density at radius 3 is 2.26 bits per heavy atom. The molecule has 0 unspecified atom stereocenters. The van der Waals surface area contributed by atoms with Crippen LogP contribution in [0.25, 0.3) is 0 Å². The molecule has 2 aliphatic heterocycles. The number of hydrogen-bond acceptors (Lipinski definition) is 5. The molecule has 4 fully saturated rings. The normalized spacial score (nSPS) is 30.7. The highest BCUT2D eigenvalue weighted by atomic mass is 16.5. The molecule has 0 atom stereocenters. The molecule has 0 bridgehead atoms. The summed E-state index contributed by atoms with van der Waals surface area (Å²) in [5, 5.41) is 11.0. The quantitative estimate of drug-likeness (QED) is 0.671. The molecular formula is C27H40N4O4. The number of amides is 3. The minimum Gasteiger partial charge on any atom is -0.388 e. The highest BCUT2D eigenvalue weighted by Crippen LogP contribution is 2.50. The van der Waals surface area contributed by atoms with Crippen molar-refractivity contribution in [3.8, 4) is 0 Å². The average molecular weight is 485 g/mol. The van der Waals surface area contributed by atoms with Crippen molar-refractivity contribution in [2.24, 2.45) is 0 Å². The zero-order chi connectivity index (χ0) is 24.7. The number of rotatable bonds is 6. The van der Waals surface area contributed by atoms with Gasteiger partial charge in [-0.1, -0.05) is 30.3 Å². The van der Waals surface area contributed by atoms with Crippen LogP contribution in [0.2, 0.25) is 0 Å². The highest BCUT2D eigenvalue weighted by Gasteiger charge is 2.56. The van der Waals surface area contributed by atoms with Gasteiger partial charge in [-0.2, -0.15) is 0 Å². The summed E-state index contributed by atoms with van der Waals surface area (Å²) in [7, 11) is 4.29. The molecule has 2 saturated carbocycles. The second-order valence-corrected chi connectivity index (χ2v) is 11.3. The maximum absolute atomic E-state index is 13.7. The Hall–Kier alpha value is -2.16. The minimum atomic E-state index is -0.789. The Labute approximate surface area is 208 Å². The SMILES string of the molecule is CN(C)[C@]1(c2ccccc2)CC[C@@]2(CC1)CN(CC(=O)N1CCOCC1)C(=O)N2CC1(O)CCC1. The van der Waals surface area contributed by atoms with Gasteiger partial charge in [-0.3, -0.25) is 9.69 Å². The average Bonchev–Trinajstić information content (AvgIpc) is 3.09. The van der Waals surface area contributed by atoms with Gasteiger partial charge in [0.15, 0.2) is 0 Å². The third-order valence-corrected chi connectivity index (χ3v) is 9.16. The van der Waals surface area contributed by atoms with Crippen molar-refractivity contribution in [3.05, 3.63) is 35.9 Å². The number of carbonyl (C=O) groups is 2. The largest absolute Gasteiger partial charge is 0.388 e.